The van der Waals surface area contributed by atoms with Crippen molar-refractivity contribution in [3.63, 3.8) is 0 Å². The fraction of sp³-hybridized carbons (Fsp3) is 0.226. The number of hydrogen-bond acceptors (Lipinski definition) is 9. The van der Waals surface area contributed by atoms with Gasteiger partial charge in [-0.3, -0.25) is 0 Å². The number of hydrogen-bond donors (Lipinski definition) is 2. The molecular formula is C31H35ClN8O4S. The van der Waals surface area contributed by atoms with Crippen molar-refractivity contribution >= 4 is 74.3 Å². The molecular weight excluding hydrogens is 616 g/mol. The molecule has 1 amide bonds. The summed E-state index contributed by atoms with van der Waals surface area (Å²) in [6, 6.07) is 21.6. The minimum atomic E-state index is -3.89. The van der Waals surface area contributed by atoms with E-state index in [9.17, 15) is 13.2 Å². The number of nitrogens with two attached hydrogens (primary N) is 1. The molecule has 0 aliphatic carbocycles. The Balaban J connectivity index is 0.00000461. The van der Waals surface area contributed by atoms with Gasteiger partial charge in [0.05, 0.1) is 21.6 Å². The number of anilines is 6. The molecule has 3 N–H and O–H groups in total. The molecule has 2 heterocycles. The highest BCUT2D eigenvalue weighted by Gasteiger charge is 2.28. The zero-order chi connectivity index (χ0) is 31.8. The fourth-order valence-corrected chi connectivity index (χ4v) is 5.42. The van der Waals surface area contributed by atoms with Gasteiger partial charge in [-0.05, 0) is 81.8 Å². The average molecular weight is 651 g/mol. The van der Waals surface area contributed by atoms with Crippen LogP contribution in [0.4, 0.5) is 39.6 Å². The van der Waals surface area contributed by atoms with Crippen LogP contribution in [0.25, 0.3) is 11.0 Å². The standard InChI is InChI=1S/C31H34N8O4S.ClH/c1-20-12-13-21(18-26(20)44(32,41)42)34-28-33-17-16-27(36-28)37(5)23-14-15-25-24(19-23)35-29(38(25)6)39(22-10-8-7-9-11-22)30(40)43-31(2,3)4;/h7-19H,1-6H3,(H2,32,41,42)(H,33,34,36);1H. The van der Waals surface area contributed by atoms with Crippen LogP contribution in [0.15, 0.2) is 83.9 Å². The lowest BCUT2D eigenvalue weighted by Crippen LogP contribution is -2.35. The van der Waals surface area contributed by atoms with Gasteiger partial charge in [0.25, 0.3) is 0 Å². The molecule has 0 unspecified atom stereocenters. The average Bonchev–Trinajstić information content (AvgIpc) is 3.28. The normalized spacial score (nSPS) is 11.5. The third-order valence-corrected chi connectivity index (χ3v) is 7.81. The molecule has 14 heteroatoms. The molecule has 0 saturated heterocycles. The maximum absolute atomic E-state index is 13.4. The molecule has 5 rings (SSSR count). The number of carbonyl (C=O) groups is 1. The van der Waals surface area contributed by atoms with Crippen molar-refractivity contribution in [2.24, 2.45) is 12.2 Å². The van der Waals surface area contributed by atoms with Crippen LogP contribution in [0.2, 0.25) is 0 Å². The number of carbonyl (C=O) groups excluding carboxylic acids is 1. The van der Waals surface area contributed by atoms with E-state index in [1.807, 2.05) is 92.9 Å². The highest BCUT2D eigenvalue weighted by molar-refractivity contribution is 7.89. The Kier molecular flexibility index (Phi) is 9.38. The zero-order valence-electron chi connectivity index (χ0n) is 25.7. The first kappa shape index (κ1) is 33.2. The third-order valence-electron chi connectivity index (χ3n) is 6.75. The Bertz CT molecular complexity index is 1960. The number of ether oxygens (including phenoxy) is 1. The second-order valence-electron chi connectivity index (χ2n) is 11.2. The zero-order valence-corrected chi connectivity index (χ0v) is 27.3. The molecule has 5 aromatic rings. The minimum absolute atomic E-state index is 0. The van der Waals surface area contributed by atoms with Crippen molar-refractivity contribution in [2.75, 3.05) is 22.2 Å². The number of aryl methyl sites for hydroxylation is 2. The van der Waals surface area contributed by atoms with Crippen LogP contribution >= 0.6 is 12.4 Å². The van der Waals surface area contributed by atoms with E-state index in [1.54, 1.807) is 31.3 Å². The molecule has 0 fully saturated rings. The molecule has 0 radical (unpaired) electrons. The Hall–Kier alpha value is -4.72. The van der Waals surface area contributed by atoms with Gasteiger partial charge in [-0.25, -0.2) is 33.2 Å². The van der Waals surface area contributed by atoms with Gasteiger partial charge in [0, 0.05) is 31.7 Å². The molecule has 236 valence electrons. The SMILES string of the molecule is Cc1ccc(Nc2nccc(N(C)c3ccc4c(c3)nc(N(C(=O)OC(C)(C)C)c3ccccc3)n4C)n2)cc1S(N)(=O)=O.Cl. The maximum Gasteiger partial charge on any atom is 0.421 e. The van der Waals surface area contributed by atoms with E-state index in [2.05, 4.69) is 15.3 Å². The van der Waals surface area contributed by atoms with Gasteiger partial charge < -0.3 is 19.5 Å². The van der Waals surface area contributed by atoms with Crippen molar-refractivity contribution in [3.05, 3.63) is 84.6 Å². The van der Waals surface area contributed by atoms with Crippen molar-refractivity contribution in [1.29, 1.82) is 0 Å². The largest absolute Gasteiger partial charge is 0.443 e. The number of nitrogens with zero attached hydrogens (tertiary/aromatic N) is 6. The summed E-state index contributed by atoms with van der Waals surface area (Å²) in [5.74, 6) is 1.26. The quantitative estimate of drug-likeness (QED) is 0.206. The van der Waals surface area contributed by atoms with E-state index >= 15 is 0 Å². The van der Waals surface area contributed by atoms with Gasteiger partial charge in [-0.2, -0.15) is 4.98 Å². The summed E-state index contributed by atoms with van der Waals surface area (Å²) in [7, 11) is -0.175. The highest BCUT2D eigenvalue weighted by Crippen LogP contribution is 2.32. The number of sulfonamides is 1. The molecule has 45 heavy (non-hydrogen) atoms. The number of nitrogens with one attached hydrogen (secondary N) is 1. The number of aromatic nitrogens is 4. The molecule has 2 aromatic heterocycles. The first-order valence-electron chi connectivity index (χ1n) is 13.7. The Labute approximate surface area is 268 Å². The summed E-state index contributed by atoms with van der Waals surface area (Å²) < 4.78 is 31.5. The molecule has 3 aromatic carbocycles. The second-order valence-corrected chi connectivity index (χ2v) is 12.8. The van der Waals surface area contributed by atoms with Crippen LogP contribution in [0.1, 0.15) is 26.3 Å². The third kappa shape index (κ3) is 7.33. The van der Waals surface area contributed by atoms with Crippen LogP contribution in [0.5, 0.6) is 0 Å². The van der Waals surface area contributed by atoms with Gasteiger partial charge >= 0.3 is 6.09 Å². The van der Waals surface area contributed by atoms with Crippen LogP contribution < -0.4 is 20.3 Å². The first-order chi connectivity index (χ1) is 20.7. The minimum Gasteiger partial charge on any atom is -0.443 e. The Morgan fingerprint density at radius 1 is 0.978 bits per heavy atom. The predicted octanol–water partition coefficient (Wildman–Crippen LogP) is 6.33. The van der Waals surface area contributed by atoms with Gasteiger partial charge in [0.1, 0.15) is 11.4 Å². The molecule has 0 bridgehead atoms. The number of fused-ring (bicyclic) bond motifs is 1. The summed E-state index contributed by atoms with van der Waals surface area (Å²) >= 11 is 0. The van der Waals surface area contributed by atoms with E-state index in [1.165, 1.54) is 11.0 Å². The van der Waals surface area contributed by atoms with Crippen LogP contribution in [0.3, 0.4) is 0 Å². The molecule has 0 saturated carbocycles. The second kappa shape index (κ2) is 12.7. The molecule has 0 atom stereocenters. The van der Waals surface area contributed by atoms with E-state index in [0.717, 1.165) is 11.2 Å². The summed E-state index contributed by atoms with van der Waals surface area (Å²) in [5.41, 5.74) is 3.23. The van der Waals surface area contributed by atoms with Crippen molar-refractivity contribution in [2.45, 2.75) is 38.2 Å². The molecule has 0 aliphatic heterocycles. The monoisotopic (exact) mass is 650 g/mol. The Morgan fingerprint density at radius 2 is 1.69 bits per heavy atom. The number of benzene rings is 3. The number of halogens is 1. The van der Waals surface area contributed by atoms with E-state index < -0.39 is 21.7 Å². The molecule has 0 spiro atoms. The fourth-order valence-electron chi connectivity index (χ4n) is 4.61. The van der Waals surface area contributed by atoms with Gasteiger partial charge in [-0.1, -0.05) is 24.3 Å². The van der Waals surface area contributed by atoms with Crippen molar-refractivity contribution in [1.82, 2.24) is 19.5 Å². The number of rotatable bonds is 7. The Morgan fingerprint density at radius 3 is 2.36 bits per heavy atom. The van der Waals surface area contributed by atoms with Crippen LogP contribution in [0, 0.1) is 6.92 Å². The van der Waals surface area contributed by atoms with Crippen LogP contribution in [-0.2, 0) is 21.8 Å². The van der Waals surface area contributed by atoms with E-state index in [-0.39, 0.29) is 23.3 Å². The molecule has 12 nitrogen and oxygen atoms in total. The summed E-state index contributed by atoms with van der Waals surface area (Å²) in [6.45, 7) is 7.14. The number of para-hydroxylation sites is 1. The van der Waals surface area contributed by atoms with Gasteiger partial charge in [0.15, 0.2) is 0 Å². The summed E-state index contributed by atoms with van der Waals surface area (Å²) in [4.78, 5) is 30.5. The first-order valence-corrected chi connectivity index (χ1v) is 15.3. The summed E-state index contributed by atoms with van der Waals surface area (Å²) in [5, 5.41) is 8.41. The maximum atomic E-state index is 13.4. The van der Waals surface area contributed by atoms with Crippen LogP contribution in [-0.4, -0.2) is 46.7 Å². The highest BCUT2D eigenvalue weighted by atomic mass is 35.5. The van der Waals surface area contributed by atoms with Gasteiger partial charge in [0.2, 0.25) is 21.9 Å². The summed E-state index contributed by atoms with van der Waals surface area (Å²) in [6.07, 6.45) is 1.07. The molecule has 0 aliphatic rings. The predicted molar refractivity (Wildman–Crippen MR) is 179 cm³/mol. The van der Waals surface area contributed by atoms with Gasteiger partial charge in [-0.15, -0.1) is 12.4 Å². The lowest BCUT2D eigenvalue weighted by molar-refractivity contribution is 0.0596. The smallest absolute Gasteiger partial charge is 0.421 e. The topological polar surface area (TPSA) is 149 Å². The van der Waals surface area contributed by atoms with E-state index in [0.29, 0.717) is 34.2 Å². The van der Waals surface area contributed by atoms with E-state index in [4.69, 9.17) is 14.9 Å². The lowest BCUT2D eigenvalue weighted by atomic mass is 10.2. The lowest BCUT2D eigenvalue weighted by Gasteiger charge is -2.26. The number of primary sulfonamides is 1. The number of imidazole rings is 1. The number of amides is 1. The van der Waals surface area contributed by atoms with Crippen molar-refractivity contribution < 1.29 is 17.9 Å². The van der Waals surface area contributed by atoms with Crippen molar-refractivity contribution in [3.8, 4) is 0 Å².